The van der Waals surface area contributed by atoms with Crippen molar-refractivity contribution in [3.63, 3.8) is 0 Å². The minimum absolute atomic E-state index is 0.244. The Morgan fingerprint density at radius 2 is 1.81 bits per heavy atom. The van der Waals surface area contributed by atoms with E-state index < -0.39 is 5.60 Å². The van der Waals surface area contributed by atoms with Crippen molar-refractivity contribution in [2.24, 2.45) is 0 Å². The fourth-order valence-corrected chi connectivity index (χ4v) is 3.29. The van der Waals surface area contributed by atoms with Gasteiger partial charge in [0, 0.05) is 12.8 Å². The number of hydrogen-bond donors (Lipinski definition) is 1. The summed E-state index contributed by atoms with van der Waals surface area (Å²) in [6, 6.07) is 13.2. The molecule has 0 saturated carbocycles. The summed E-state index contributed by atoms with van der Waals surface area (Å²) in [6.07, 6.45) is 4.41. The number of rotatable bonds is 4. The van der Waals surface area contributed by atoms with Crippen LogP contribution in [0, 0.1) is 5.82 Å². The van der Waals surface area contributed by atoms with Gasteiger partial charge in [-0.25, -0.2) is 4.39 Å². The van der Waals surface area contributed by atoms with Crippen molar-refractivity contribution in [1.29, 1.82) is 0 Å². The van der Waals surface area contributed by atoms with Crippen molar-refractivity contribution in [2.45, 2.75) is 44.6 Å². The molecule has 2 aromatic carbocycles. The molecule has 0 fully saturated rings. The molecule has 1 atom stereocenters. The lowest BCUT2D eigenvalue weighted by atomic mass is 9.89. The number of halogens is 1. The van der Waals surface area contributed by atoms with Crippen LogP contribution in [0.1, 0.15) is 35.6 Å². The molecule has 0 amide bonds. The maximum Gasteiger partial charge on any atom is 0.126 e. The van der Waals surface area contributed by atoms with Crippen LogP contribution < -0.4 is 0 Å². The summed E-state index contributed by atoms with van der Waals surface area (Å²) in [7, 11) is 0. The molecule has 110 valence electrons. The van der Waals surface area contributed by atoms with E-state index in [2.05, 4.69) is 18.2 Å². The number of aliphatic hydroxyl groups is 1. The Labute approximate surface area is 125 Å². The average Bonchev–Trinajstić information content (AvgIpc) is 2.88. The Balaban J connectivity index is 1.75. The van der Waals surface area contributed by atoms with Crippen molar-refractivity contribution in [2.75, 3.05) is 0 Å². The van der Waals surface area contributed by atoms with Crippen LogP contribution in [0.4, 0.5) is 4.39 Å². The summed E-state index contributed by atoms with van der Waals surface area (Å²) in [5, 5.41) is 10.6. The molecule has 1 unspecified atom stereocenters. The topological polar surface area (TPSA) is 20.2 Å². The smallest absolute Gasteiger partial charge is 0.126 e. The lowest BCUT2D eigenvalue weighted by Crippen LogP contribution is -2.30. The molecule has 1 N–H and O–H groups in total. The molecule has 1 nitrogen and oxygen atoms in total. The highest BCUT2D eigenvalue weighted by Crippen LogP contribution is 2.26. The monoisotopic (exact) mass is 284 g/mol. The van der Waals surface area contributed by atoms with Gasteiger partial charge in [-0.15, -0.1) is 0 Å². The standard InChI is InChI=1S/C19H21FO/c1-19(21,13-17-5-2-3-8-18(17)20)12-14-9-10-15-6-4-7-16(15)11-14/h2-3,5,8-11,21H,4,6-7,12-13H2,1H3. The second-order valence-corrected chi connectivity index (χ2v) is 6.40. The Morgan fingerprint density at radius 1 is 1.05 bits per heavy atom. The molecule has 0 aromatic heterocycles. The van der Waals surface area contributed by atoms with Gasteiger partial charge in [-0.2, -0.15) is 0 Å². The van der Waals surface area contributed by atoms with E-state index in [-0.39, 0.29) is 5.82 Å². The summed E-state index contributed by atoms with van der Waals surface area (Å²) in [6.45, 7) is 1.78. The van der Waals surface area contributed by atoms with Gasteiger partial charge in [-0.05, 0) is 54.5 Å². The molecule has 0 heterocycles. The van der Waals surface area contributed by atoms with Crippen LogP contribution >= 0.6 is 0 Å². The molecule has 0 saturated heterocycles. The Morgan fingerprint density at radius 3 is 2.62 bits per heavy atom. The summed E-state index contributed by atoms with van der Waals surface area (Å²) < 4.78 is 13.7. The third-order valence-electron chi connectivity index (χ3n) is 4.28. The van der Waals surface area contributed by atoms with Crippen molar-refractivity contribution >= 4 is 0 Å². The van der Waals surface area contributed by atoms with E-state index in [1.54, 1.807) is 19.1 Å². The first-order valence-corrected chi connectivity index (χ1v) is 7.60. The zero-order valence-electron chi connectivity index (χ0n) is 12.4. The SMILES string of the molecule is CC(O)(Cc1ccc2c(c1)CCC2)Cc1ccccc1F. The van der Waals surface area contributed by atoms with E-state index in [9.17, 15) is 9.50 Å². The fraction of sp³-hybridized carbons (Fsp3) is 0.368. The van der Waals surface area contributed by atoms with Crippen LogP contribution in [0.5, 0.6) is 0 Å². The molecule has 0 bridgehead atoms. The Hall–Kier alpha value is -1.67. The van der Waals surface area contributed by atoms with Crippen molar-refractivity contribution in [3.05, 3.63) is 70.5 Å². The number of fused-ring (bicyclic) bond motifs is 1. The maximum absolute atomic E-state index is 13.7. The molecule has 0 radical (unpaired) electrons. The molecule has 3 rings (SSSR count). The first kappa shape index (κ1) is 14.3. The predicted octanol–water partition coefficient (Wildman–Crippen LogP) is 3.85. The zero-order valence-corrected chi connectivity index (χ0v) is 12.4. The van der Waals surface area contributed by atoms with Crippen molar-refractivity contribution in [1.82, 2.24) is 0 Å². The number of hydrogen-bond acceptors (Lipinski definition) is 1. The number of benzene rings is 2. The van der Waals surface area contributed by atoms with Gasteiger partial charge < -0.3 is 5.11 Å². The van der Waals surface area contributed by atoms with E-state index in [0.29, 0.717) is 18.4 Å². The van der Waals surface area contributed by atoms with Crippen LogP contribution in [0.3, 0.4) is 0 Å². The largest absolute Gasteiger partial charge is 0.389 e. The molecule has 0 spiro atoms. The van der Waals surface area contributed by atoms with Gasteiger partial charge >= 0.3 is 0 Å². The van der Waals surface area contributed by atoms with Gasteiger partial charge in [-0.3, -0.25) is 0 Å². The minimum atomic E-state index is -0.935. The van der Waals surface area contributed by atoms with E-state index >= 15 is 0 Å². The van der Waals surface area contributed by atoms with Gasteiger partial charge in [0.1, 0.15) is 5.82 Å². The molecule has 2 heteroatoms. The predicted molar refractivity (Wildman–Crippen MR) is 82.9 cm³/mol. The van der Waals surface area contributed by atoms with E-state index in [0.717, 1.165) is 12.0 Å². The lowest BCUT2D eigenvalue weighted by Gasteiger charge is -2.24. The number of aryl methyl sites for hydroxylation is 2. The molecule has 2 aromatic rings. The average molecular weight is 284 g/mol. The van der Waals surface area contributed by atoms with Crippen LogP contribution in [0.15, 0.2) is 42.5 Å². The van der Waals surface area contributed by atoms with Crippen molar-refractivity contribution < 1.29 is 9.50 Å². The quantitative estimate of drug-likeness (QED) is 0.904. The van der Waals surface area contributed by atoms with E-state index in [1.165, 1.54) is 30.0 Å². The normalized spacial score (nSPS) is 16.5. The maximum atomic E-state index is 13.7. The third-order valence-corrected chi connectivity index (χ3v) is 4.28. The third kappa shape index (κ3) is 3.33. The Kier molecular flexibility index (Phi) is 3.81. The zero-order chi connectivity index (χ0) is 14.9. The van der Waals surface area contributed by atoms with Gasteiger partial charge in [0.2, 0.25) is 0 Å². The van der Waals surface area contributed by atoms with Gasteiger partial charge in [0.05, 0.1) is 5.60 Å². The molecule has 1 aliphatic rings. The molecule has 1 aliphatic carbocycles. The first-order chi connectivity index (χ1) is 10.0. The molecular weight excluding hydrogens is 263 g/mol. The summed E-state index contributed by atoms with van der Waals surface area (Å²) in [5.74, 6) is -0.244. The van der Waals surface area contributed by atoms with Crippen LogP contribution in [-0.2, 0) is 25.7 Å². The van der Waals surface area contributed by atoms with E-state index in [4.69, 9.17) is 0 Å². The van der Waals surface area contributed by atoms with Crippen LogP contribution in [0.25, 0.3) is 0 Å². The van der Waals surface area contributed by atoms with Crippen LogP contribution in [0.2, 0.25) is 0 Å². The molecule has 21 heavy (non-hydrogen) atoms. The Bertz CT molecular complexity index is 646. The minimum Gasteiger partial charge on any atom is -0.389 e. The van der Waals surface area contributed by atoms with Crippen LogP contribution in [-0.4, -0.2) is 10.7 Å². The summed E-state index contributed by atoms with van der Waals surface area (Å²) in [4.78, 5) is 0. The first-order valence-electron chi connectivity index (χ1n) is 7.60. The lowest BCUT2D eigenvalue weighted by molar-refractivity contribution is 0.0599. The fourth-order valence-electron chi connectivity index (χ4n) is 3.29. The highest BCUT2D eigenvalue weighted by Gasteiger charge is 2.24. The molecular formula is C19H21FO. The summed E-state index contributed by atoms with van der Waals surface area (Å²) >= 11 is 0. The van der Waals surface area contributed by atoms with Gasteiger partial charge in [-0.1, -0.05) is 36.4 Å². The molecule has 0 aliphatic heterocycles. The van der Waals surface area contributed by atoms with Crippen molar-refractivity contribution in [3.8, 4) is 0 Å². The highest BCUT2D eigenvalue weighted by atomic mass is 19.1. The van der Waals surface area contributed by atoms with Gasteiger partial charge in [0.25, 0.3) is 0 Å². The van der Waals surface area contributed by atoms with E-state index in [1.807, 2.05) is 6.07 Å². The highest BCUT2D eigenvalue weighted by molar-refractivity contribution is 5.36. The second-order valence-electron chi connectivity index (χ2n) is 6.40. The second kappa shape index (κ2) is 5.61. The summed E-state index contributed by atoms with van der Waals surface area (Å²) in [5.41, 5.74) is 3.62. The van der Waals surface area contributed by atoms with Gasteiger partial charge in [0.15, 0.2) is 0 Å².